The minimum absolute atomic E-state index is 0.386. The van der Waals surface area contributed by atoms with Crippen molar-refractivity contribution in [3.63, 3.8) is 0 Å². The van der Waals surface area contributed by atoms with Crippen molar-refractivity contribution in [1.29, 1.82) is 0 Å². The summed E-state index contributed by atoms with van der Waals surface area (Å²) >= 11 is 0. The molecule has 116 valence electrons. The third-order valence-corrected chi connectivity index (χ3v) is 5.90. The average molecular weight is 278 g/mol. The normalized spacial score (nSPS) is 35.0. The van der Waals surface area contributed by atoms with Gasteiger partial charge in [0, 0.05) is 31.2 Å². The van der Waals surface area contributed by atoms with Crippen molar-refractivity contribution in [3.8, 4) is 0 Å². The fraction of sp³-hybridized carbons (Fsp3) is 1.00. The van der Waals surface area contributed by atoms with Crippen LogP contribution in [0.2, 0.25) is 0 Å². The predicted octanol–water partition coefficient (Wildman–Crippen LogP) is 3.81. The van der Waals surface area contributed by atoms with Crippen molar-refractivity contribution in [2.45, 2.75) is 90.3 Å². The quantitative estimate of drug-likeness (QED) is 0.773. The maximum atomic E-state index is 3.87. The predicted molar refractivity (Wildman–Crippen MR) is 86.0 cm³/mol. The van der Waals surface area contributed by atoms with Gasteiger partial charge < -0.3 is 5.32 Å². The molecular weight excluding hydrogens is 244 g/mol. The van der Waals surface area contributed by atoms with Gasteiger partial charge in [-0.1, -0.05) is 46.5 Å². The first-order valence-corrected chi connectivity index (χ1v) is 9.05. The zero-order chi connectivity index (χ0) is 14.2. The van der Waals surface area contributed by atoms with Crippen LogP contribution in [0.5, 0.6) is 0 Å². The second-order valence-electron chi connectivity index (χ2n) is 8.57. The first-order chi connectivity index (χ1) is 9.55. The van der Waals surface area contributed by atoms with Crippen LogP contribution >= 0.6 is 0 Å². The third-order valence-electron chi connectivity index (χ3n) is 5.90. The molecule has 0 radical (unpaired) electrons. The maximum absolute atomic E-state index is 3.87. The van der Waals surface area contributed by atoms with Crippen molar-refractivity contribution in [2.24, 2.45) is 11.3 Å². The van der Waals surface area contributed by atoms with Crippen LogP contribution in [0.25, 0.3) is 0 Å². The van der Waals surface area contributed by atoms with Gasteiger partial charge in [-0.2, -0.15) is 0 Å². The molecule has 3 aliphatic rings. The molecule has 1 heterocycles. The lowest BCUT2D eigenvalue weighted by molar-refractivity contribution is 0.0339. The zero-order valence-corrected chi connectivity index (χ0v) is 13.8. The molecule has 3 rings (SSSR count). The summed E-state index contributed by atoms with van der Waals surface area (Å²) in [5, 5.41) is 3.87. The van der Waals surface area contributed by atoms with Crippen LogP contribution in [0.15, 0.2) is 0 Å². The number of piperazine rings is 1. The lowest BCUT2D eigenvalue weighted by Gasteiger charge is -2.48. The summed E-state index contributed by atoms with van der Waals surface area (Å²) in [7, 11) is 0. The Hall–Kier alpha value is -0.0800. The topological polar surface area (TPSA) is 15.3 Å². The van der Waals surface area contributed by atoms with Gasteiger partial charge in [0.2, 0.25) is 0 Å². The largest absolute Gasteiger partial charge is 0.311 e. The highest BCUT2D eigenvalue weighted by Gasteiger charge is 2.43. The van der Waals surface area contributed by atoms with E-state index in [0.29, 0.717) is 11.5 Å². The Bertz CT molecular complexity index is 308. The first kappa shape index (κ1) is 14.8. The molecule has 0 spiro atoms. The number of rotatable bonds is 2. The fourth-order valence-electron chi connectivity index (χ4n) is 4.30. The highest BCUT2D eigenvalue weighted by Crippen LogP contribution is 2.39. The molecule has 0 aromatic rings. The van der Waals surface area contributed by atoms with Crippen molar-refractivity contribution in [1.82, 2.24) is 10.2 Å². The molecule has 2 heteroatoms. The second-order valence-corrected chi connectivity index (χ2v) is 8.57. The highest BCUT2D eigenvalue weighted by atomic mass is 15.3. The Balaban J connectivity index is 1.71. The molecule has 2 saturated carbocycles. The summed E-state index contributed by atoms with van der Waals surface area (Å²) in [4.78, 5) is 2.95. The van der Waals surface area contributed by atoms with Crippen molar-refractivity contribution < 1.29 is 0 Å². The smallest absolute Gasteiger partial charge is 0.0252 e. The Kier molecular flexibility index (Phi) is 4.42. The first-order valence-electron chi connectivity index (χ1n) is 9.05. The molecule has 2 atom stereocenters. The molecule has 0 aromatic heterocycles. The molecule has 2 aliphatic carbocycles. The van der Waals surface area contributed by atoms with E-state index in [4.69, 9.17) is 0 Å². The number of hydrogen-bond acceptors (Lipinski definition) is 2. The number of nitrogens with one attached hydrogen (secondary N) is 1. The van der Waals surface area contributed by atoms with Crippen LogP contribution < -0.4 is 5.32 Å². The molecule has 1 saturated heterocycles. The Morgan fingerprint density at radius 2 is 1.55 bits per heavy atom. The summed E-state index contributed by atoms with van der Waals surface area (Å²) in [6, 6.07) is 2.40. The molecule has 0 amide bonds. The van der Waals surface area contributed by atoms with Gasteiger partial charge in [0.05, 0.1) is 0 Å². The Morgan fingerprint density at radius 3 is 2.10 bits per heavy atom. The summed E-state index contributed by atoms with van der Waals surface area (Å²) in [6.45, 7) is 9.71. The van der Waals surface area contributed by atoms with Gasteiger partial charge in [-0.3, -0.25) is 4.90 Å². The van der Waals surface area contributed by atoms with Crippen molar-refractivity contribution >= 4 is 0 Å². The van der Waals surface area contributed by atoms with Crippen LogP contribution in [0.1, 0.15) is 72.1 Å². The van der Waals surface area contributed by atoms with Crippen molar-refractivity contribution in [2.75, 3.05) is 13.1 Å². The van der Waals surface area contributed by atoms with E-state index in [9.17, 15) is 0 Å². The standard InChI is InChI=1S/C18H34N2/c1-18(2,3)17-13-20(15-8-6-4-5-7-9-15)16(12-19-17)14-10-11-14/h14-17,19H,4-13H2,1-3H3. The second kappa shape index (κ2) is 5.96. The fourth-order valence-corrected chi connectivity index (χ4v) is 4.30. The minimum atomic E-state index is 0.386. The average Bonchev–Trinajstić information content (AvgIpc) is 3.24. The van der Waals surface area contributed by atoms with E-state index in [0.717, 1.165) is 18.0 Å². The Morgan fingerprint density at radius 1 is 0.900 bits per heavy atom. The van der Waals surface area contributed by atoms with E-state index >= 15 is 0 Å². The molecular formula is C18H34N2. The van der Waals surface area contributed by atoms with Crippen LogP contribution in [0.4, 0.5) is 0 Å². The lowest BCUT2D eigenvalue weighted by Crippen LogP contribution is -2.63. The van der Waals surface area contributed by atoms with E-state index < -0.39 is 0 Å². The Labute approximate surface area is 125 Å². The molecule has 3 fully saturated rings. The molecule has 1 N–H and O–H groups in total. The van der Waals surface area contributed by atoms with Gasteiger partial charge >= 0.3 is 0 Å². The molecule has 0 aromatic carbocycles. The van der Waals surface area contributed by atoms with Gasteiger partial charge in [0.1, 0.15) is 0 Å². The van der Waals surface area contributed by atoms with Crippen LogP contribution in [-0.4, -0.2) is 36.1 Å². The van der Waals surface area contributed by atoms with Crippen LogP contribution in [-0.2, 0) is 0 Å². The van der Waals surface area contributed by atoms with E-state index in [-0.39, 0.29) is 0 Å². The van der Waals surface area contributed by atoms with Gasteiger partial charge in [-0.15, -0.1) is 0 Å². The van der Waals surface area contributed by atoms with Crippen LogP contribution in [0, 0.1) is 11.3 Å². The molecule has 0 bridgehead atoms. The van der Waals surface area contributed by atoms with Gasteiger partial charge in [0.15, 0.2) is 0 Å². The monoisotopic (exact) mass is 278 g/mol. The number of hydrogen-bond donors (Lipinski definition) is 1. The van der Waals surface area contributed by atoms with E-state index in [1.165, 1.54) is 64.5 Å². The van der Waals surface area contributed by atoms with Gasteiger partial charge in [-0.05, 0) is 37.0 Å². The molecule has 2 nitrogen and oxygen atoms in total. The van der Waals surface area contributed by atoms with E-state index in [1.54, 1.807) is 0 Å². The summed E-state index contributed by atoms with van der Waals surface area (Å²) < 4.78 is 0. The molecule has 1 aliphatic heterocycles. The molecule has 20 heavy (non-hydrogen) atoms. The van der Waals surface area contributed by atoms with Crippen molar-refractivity contribution in [3.05, 3.63) is 0 Å². The lowest BCUT2D eigenvalue weighted by atomic mass is 9.83. The summed E-state index contributed by atoms with van der Waals surface area (Å²) in [5.41, 5.74) is 0.386. The number of nitrogens with zero attached hydrogens (tertiary/aromatic N) is 1. The van der Waals surface area contributed by atoms with Gasteiger partial charge in [-0.25, -0.2) is 0 Å². The zero-order valence-electron chi connectivity index (χ0n) is 13.8. The third kappa shape index (κ3) is 3.39. The van der Waals surface area contributed by atoms with E-state index in [2.05, 4.69) is 31.0 Å². The van der Waals surface area contributed by atoms with E-state index in [1.807, 2.05) is 0 Å². The minimum Gasteiger partial charge on any atom is -0.311 e. The van der Waals surface area contributed by atoms with Gasteiger partial charge in [0.25, 0.3) is 0 Å². The maximum Gasteiger partial charge on any atom is 0.0252 e. The highest BCUT2D eigenvalue weighted by molar-refractivity contribution is 5.00. The summed E-state index contributed by atoms with van der Waals surface area (Å²) in [5.74, 6) is 1.01. The summed E-state index contributed by atoms with van der Waals surface area (Å²) in [6.07, 6.45) is 11.8. The van der Waals surface area contributed by atoms with Crippen LogP contribution in [0.3, 0.4) is 0 Å². The molecule has 2 unspecified atom stereocenters. The SMILES string of the molecule is CC(C)(C)C1CN(C2CCCCCC2)C(C2CC2)CN1.